The number of hydrogen-bond donors (Lipinski definition) is 0. The third kappa shape index (κ3) is 8.34. The lowest BCUT2D eigenvalue weighted by molar-refractivity contribution is -0.230. The quantitative estimate of drug-likeness (QED) is 0.225. The van der Waals surface area contributed by atoms with E-state index in [2.05, 4.69) is 4.18 Å². The van der Waals surface area contributed by atoms with E-state index >= 15 is 0 Å². The van der Waals surface area contributed by atoms with Gasteiger partial charge < -0.3 is 18.9 Å². The van der Waals surface area contributed by atoms with Crippen LogP contribution in [0.1, 0.15) is 16.7 Å². The van der Waals surface area contributed by atoms with Crippen molar-refractivity contribution in [3.63, 3.8) is 0 Å². The average Bonchev–Trinajstić information content (AvgIpc) is 2.93. The fraction of sp³-hybridized carbons (Fsp3) is 0.357. The Morgan fingerprint density at radius 2 is 1.18 bits per heavy atom. The summed E-state index contributed by atoms with van der Waals surface area (Å²) < 4.78 is 91.8. The van der Waals surface area contributed by atoms with Crippen molar-refractivity contribution in [2.75, 3.05) is 13.2 Å². The molecule has 1 fully saturated rings. The zero-order valence-corrected chi connectivity index (χ0v) is 21.7. The Balaban J connectivity index is 1.56. The first-order valence-electron chi connectivity index (χ1n) is 12.3. The first-order chi connectivity index (χ1) is 18.7. The Morgan fingerprint density at radius 1 is 0.718 bits per heavy atom. The maximum atomic E-state index is 13.2. The molecule has 0 bridgehead atoms. The Labute approximate surface area is 225 Å². The molecule has 3 aromatic carbocycles. The molecule has 4 atom stereocenters. The summed E-state index contributed by atoms with van der Waals surface area (Å²) in [6, 6.07) is 27.5. The molecule has 0 radical (unpaired) electrons. The highest BCUT2D eigenvalue weighted by Crippen LogP contribution is 2.31. The summed E-state index contributed by atoms with van der Waals surface area (Å²) >= 11 is 0. The number of alkyl halides is 3. The summed E-state index contributed by atoms with van der Waals surface area (Å²) in [4.78, 5) is 0. The number of halogens is 3. The molecule has 0 aromatic heterocycles. The van der Waals surface area contributed by atoms with Crippen LogP contribution in [-0.4, -0.2) is 51.6 Å². The van der Waals surface area contributed by atoms with Crippen LogP contribution in [0.5, 0.6) is 0 Å². The van der Waals surface area contributed by atoms with E-state index < -0.39 is 46.6 Å². The van der Waals surface area contributed by atoms with Crippen LogP contribution in [0, 0.1) is 0 Å². The van der Waals surface area contributed by atoms with Gasteiger partial charge in [-0.05, 0) is 16.7 Å². The molecule has 210 valence electrons. The number of rotatable bonds is 12. The first-order valence-corrected chi connectivity index (χ1v) is 13.7. The zero-order chi connectivity index (χ0) is 27.7. The predicted molar refractivity (Wildman–Crippen MR) is 136 cm³/mol. The van der Waals surface area contributed by atoms with Crippen LogP contribution in [0.15, 0.2) is 91.0 Å². The average molecular weight is 567 g/mol. The largest absolute Gasteiger partial charge is 0.523 e. The molecule has 39 heavy (non-hydrogen) atoms. The summed E-state index contributed by atoms with van der Waals surface area (Å²) in [5.41, 5.74) is -3.15. The molecule has 0 aliphatic carbocycles. The van der Waals surface area contributed by atoms with Gasteiger partial charge in [0, 0.05) is 0 Å². The maximum Gasteiger partial charge on any atom is 0.523 e. The monoisotopic (exact) mass is 566 g/mol. The van der Waals surface area contributed by atoms with E-state index in [9.17, 15) is 21.6 Å². The van der Waals surface area contributed by atoms with Gasteiger partial charge in [-0.1, -0.05) is 91.0 Å². The molecule has 0 unspecified atom stereocenters. The summed E-state index contributed by atoms with van der Waals surface area (Å²) in [6.07, 6.45) is -4.60. The molecule has 11 heteroatoms. The highest BCUT2D eigenvalue weighted by Gasteiger charge is 2.52. The predicted octanol–water partition coefficient (Wildman–Crippen LogP) is 5.01. The highest BCUT2D eigenvalue weighted by molar-refractivity contribution is 7.87. The van der Waals surface area contributed by atoms with Crippen molar-refractivity contribution in [1.29, 1.82) is 0 Å². The summed E-state index contributed by atoms with van der Waals surface area (Å²) in [5.74, 6) is 0. The zero-order valence-electron chi connectivity index (χ0n) is 20.9. The lowest BCUT2D eigenvalue weighted by Crippen LogP contribution is -2.58. The molecule has 0 saturated carbocycles. The molecule has 3 aromatic rings. The molecule has 1 saturated heterocycles. The second-order valence-electron chi connectivity index (χ2n) is 8.93. The van der Waals surface area contributed by atoms with Gasteiger partial charge >= 0.3 is 15.6 Å². The highest BCUT2D eigenvalue weighted by atomic mass is 32.2. The Kier molecular flexibility index (Phi) is 10.1. The van der Waals surface area contributed by atoms with Crippen molar-refractivity contribution in [3.05, 3.63) is 108 Å². The van der Waals surface area contributed by atoms with Crippen LogP contribution >= 0.6 is 0 Å². The van der Waals surface area contributed by atoms with Gasteiger partial charge in [0.15, 0.2) is 0 Å². The molecule has 0 N–H and O–H groups in total. The normalized spacial score (nSPS) is 22.0. The van der Waals surface area contributed by atoms with E-state index in [1.165, 1.54) is 0 Å². The van der Waals surface area contributed by atoms with Crippen LogP contribution in [0.3, 0.4) is 0 Å². The standard InChI is InChI=1S/C28H29F3O7S/c29-28(30,31)39(32,33)38-25-20-35-24(19-34-16-21-10-4-1-5-11-21)26(36-17-22-12-6-2-7-13-22)27(25)37-18-23-14-8-3-9-15-23/h1-15,24-27H,16-20H2/t24-,25-,26+,27-/m1/s1. The van der Waals surface area contributed by atoms with Gasteiger partial charge in [-0.15, -0.1) is 0 Å². The maximum absolute atomic E-state index is 13.2. The molecule has 0 amide bonds. The second-order valence-corrected chi connectivity index (χ2v) is 10.5. The van der Waals surface area contributed by atoms with Crippen LogP contribution in [-0.2, 0) is 53.1 Å². The third-order valence-corrected chi connectivity index (χ3v) is 7.10. The van der Waals surface area contributed by atoms with Crippen LogP contribution in [0.2, 0.25) is 0 Å². The molecule has 1 aliphatic heterocycles. The number of ether oxygens (including phenoxy) is 4. The molecular weight excluding hydrogens is 537 g/mol. The van der Waals surface area contributed by atoms with Crippen molar-refractivity contribution >= 4 is 10.1 Å². The fourth-order valence-corrected chi connectivity index (χ4v) is 4.68. The topological polar surface area (TPSA) is 80.3 Å². The van der Waals surface area contributed by atoms with Crippen molar-refractivity contribution in [3.8, 4) is 0 Å². The lowest BCUT2D eigenvalue weighted by Gasteiger charge is -2.41. The van der Waals surface area contributed by atoms with Gasteiger partial charge in [-0.25, -0.2) is 0 Å². The Bertz CT molecular complexity index is 1240. The minimum Gasteiger partial charge on any atom is -0.374 e. The molecule has 4 rings (SSSR count). The van der Waals surface area contributed by atoms with E-state index in [1.807, 2.05) is 66.7 Å². The summed E-state index contributed by atoms with van der Waals surface area (Å²) in [5, 5.41) is 0. The summed E-state index contributed by atoms with van der Waals surface area (Å²) in [7, 11) is -5.92. The van der Waals surface area contributed by atoms with Crippen LogP contribution in [0.4, 0.5) is 13.2 Å². The van der Waals surface area contributed by atoms with Gasteiger partial charge in [0.2, 0.25) is 0 Å². The van der Waals surface area contributed by atoms with Crippen molar-refractivity contribution in [2.24, 2.45) is 0 Å². The molecule has 0 spiro atoms. The number of hydrogen-bond acceptors (Lipinski definition) is 7. The van der Waals surface area contributed by atoms with Crippen LogP contribution < -0.4 is 0 Å². The van der Waals surface area contributed by atoms with Gasteiger partial charge in [0.1, 0.15) is 24.4 Å². The Hall–Kier alpha value is -2.80. The number of benzene rings is 3. The van der Waals surface area contributed by atoms with E-state index in [1.54, 1.807) is 24.3 Å². The van der Waals surface area contributed by atoms with Gasteiger partial charge in [-0.2, -0.15) is 21.6 Å². The molecule has 7 nitrogen and oxygen atoms in total. The van der Waals surface area contributed by atoms with E-state index in [4.69, 9.17) is 18.9 Å². The molecule has 1 heterocycles. The van der Waals surface area contributed by atoms with Crippen molar-refractivity contribution in [2.45, 2.75) is 49.7 Å². The fourth-order valence-electron chi connectivity index (χ4n) is 4.08. The lowest BCUT2D eigenvalue weighted by atomic mass is 9.99. The minimum atomic E-state index is -5.92. The van der Waals surface area contributed by atoms with E-state index in [-0.39, 0.29) is 26.4 Å². The SMILES string of the molecule is O=S(=O)(O[C@@H]1CO[C@H](COCc2ccccc2)[C@H](OCc2ccccc2)[C@@H]1OCc1ccccc1)C(F)(F)F. The van der Waals surface area contributed by atoms with Gasteiger partial charge in [-0.3, -0.25) is 4.18 Å². The smallest absolute Gasteiger partial charge is 0.374 e. The second kappa shape index (κ2) is 13.5. The molecular formula is C28H29F3O7S. The molecule has 1 aliphatic rings. The Morgan fingerprint density at radius 3 is 1.67 bits per heavy atom. The van der Waals surface area contributed by atoms with Crippen molar-refractivity contribution < 1.29 is 44.7 Å². The van der Waals surface area contributed by atoms with Gasteiger partial charge in [0.05, 0.1) is 33.0 Å². The van der Waals surface area contributed by atoms with E-state index in [0.29, 0.717) is 0 Å². The minimum absolute atomic E-state index is 0.0137. The van der Waals surface area contributed by atoms with Crippen LogP contribution in [0.25, 0.3) is 0 Å². The first kappa shape index (κ1) is 29.2. The van der Waals surface area contributed by atoms with E-state index in [0.717, 1.165) is 16.7 Å². The van der Waals surface area contributed by atoms with Crippen molar-refractivity contribution in [1.82, 2.24) is 0 Å². The third-order valence-electron chi connectivity index (χ3n) is 6.03. The van der Waals surface area contributed by atoms with Gasteiger partial charge in [0.25, 0.3) is 0 Å². The summed E-state index contributed by atoms with van der Waals surface area (Å²) in [6.45, 7) is -0.115.